The molecule has 110 valence electrons. The standard InChI is InChI=1S/C13H24N2O4/c1-10(2-5-12(17)18)6-7-14-13(19)15(8-9-16)11-3-4-11/h10-11,16H,2-9H2,1H3,(H,14,19)(H,17,18). The number of aliphatic hydroxyl groups excluding tert-OH is 1. The fraction of sp³-hybridized carbons (Fsp3) is 0.846. The molecule has 0 heterocycles. The predicted molar refractivity (Wildman–Crippen MR) is 70.9 cm³/mol. The summed E-state index contributed by atoms with van der Waals surface area (Å²) in [6.07, 6.45) is 3.61. The Balaban J connectivity index is 2.16. The smallest absolute Gasteiger partial charge is 0.317 e. The van der Waals surface area contributed by atoms with Gasteiger partial charge in [-0.1, -0.05) is 6.92 Å². The van der Waals surface area contributed by atoms with E-state index < -0.39 is 5.97 Å². The zero-order valence-corrected chi connectivity index (χ0v) is 11.5. The minimum absolute atomic E-state index is 0.0149. The third-order valence-electron chi connectivity index (χ3n) is 3.35. The van der Waals surface area contributed by atoms with Gasteiger partial charge in [-0.2, -0.15) is 0 Å². The largest absolute Gasteiger partial charge is 0.481 e. The molecular formula is C13H24N2O4. The van der Waals surface area contributed by atoms with E-state index in [9.17, 15) is 9.59 Å². The van der Waals surface area contributed by atoms with Crippen LogP contribution in [0.15, 0.2) is 0 Å². The van der Waals surface area contributed by atoms with E-state index in [1.165, 1.54) is 0 Å². The zero-order chi connectivity index (χ0) is 14.3. The van der Waals surface area contributed by atoms with E-state index in [0.717, 1.165) is 19.3 Å². The highest BCUT2D eigenvalue weighted by molar-refractivity contribution is 5.74. The number of carboxylic acid groups (broad SMARTS) is 1. The lowest BCUT2D eigenvalue weighted by molar-refractivity contribution is -0.137. The van der Waals surface area contributed by atoms with Crippen LogP contribution in [-0.4, -0.2) is 52.9 Å². The third-order valence-corrected chi connectivity index (χ3v) is 3.35. The van der Waals surface area contributed by atoms with E-state index in [4.69, 9.17) is 10.2 Å². The van der Waals surface area contributed by atoms with Crippen molar-refractivity contribution in [2.75, 3.05) is 19.7 Å². The summed E-state index contributed by atoms with van der Waals surface area (Å²) in [6.45, 7) is 2.90. The van der Waals surface area contributed by atoms with E-state index in [2.05, 4.69) is 5.32 Å². The highest BCUT2D eigenvalue weighted by Crippen LogP contribution is 2.26. The fourth-order valence-electron chi connectivity index (χ4n) is 1.99. The molecule has 2 amide bonds. The Bertz CT molecular complexity index is 305. The molecule has 0 spiro atoms. The van der Waals surface area contributed by atoms with E-state index in [0.29, 0.717) is 19.5 Å². The van der Waals surface area contributed by atoms with Gasteiger partial charge in [0.1, 0.15) is 0 Å². The van der Waals surface area contributed by atoms with Gasteiger partial charge in [0.15, 0.2) is 0 Å². The number of carbonyl (C=O) groups excluding carboxylic acids is 1. The Morgan fingerprint density at radius 2 is 2.05 bits per heavy atom. The maximum atomic E-state index is 11.9. The molecule has 1 fully saturated rings. The Hall–Kier alpha value is -1.30. The Kier molecular flexibility index (Phi) is 6.62. The van der Waals surface area contributed by atoms with E-state index in [1.54, 1.807) is 4.90 Å². The highest BCUT2D eigenvalue weighted by Gasteiger charge is 2.31. The molecule has 19 heavy (non-hydrogen) atoms. The molecule has 3 N–H and O–H groups in total. The minimum Gasteiger partial charge on any atom is -0.481 e. The zero-order valence-electron chi connectivity index (χ0n) is 11.5. The molecule has 0 aromatic heterocycles. The minimum atomic E-state index is -0.779. The van der Waals surface area contributed by atoms with Gasteiger partial charge < -0.3 is 20.4 Å². The van der Waals surface area contributed by atoms with Gasteiger partial charge in [0.25, 0.3) is 0 Å². The fourth-order valence-corrected chi connectivity index (χ4v) is 1.99. The second-order valence-corrected chi connectivity index (χ2v) is 5.21. The maximum absolute atomic E-state index is 11.9. The lowest BCUT2D eigenvalue weighted by atomic mass is 10.0. The van der Waals surface area contributed by atoms with Crippen LogP contribution in [-0.2, 0) is 4.79 Å². The van der Waals surface area contributed by atoms with Crippen molar-refractivity contribution in [3.05, 3.63) is 0 Å². The molecule has 0 aromatic rings. The second kappa shape index (κ2) is 7.99. The average Bonchev–Trinajstić information content (AvgIpc) is 3.17. The van der Waals surface area contributed by atoms with Crippen LogP contribution in [0.5, 0.6) is 0 Å². The molecule has 0 bridgehead atoms. The van der Waals surface area contributed by atoms with Gasteiger partial charge in [-0.25, -0.2) is 4.79 Å². The lowest BCUT2D eigenvalue weighted by Gasteiger charge is -2.22. The van der Waals surface area contributed by atoms with Crippen LogP contribution < -0.4 is 5.32 Å². The second-order valence-electron chi connectivity index (χ2n) is 5.21. The number of amides is 2. The molecule has 1 aliphatic rings. The molecule has 6 heteroatoms. The van der Waals surface area contributed by atoms with Gasteiger partial charge in [-0.15, -0.1) is 0 Å². The van der Waals surface area contributed by atoms with Crippen molar-refractivity contribution in [1.82, 2.24) is 10.2 Å². The van der Waals surface area contributed by atoms with E-state index >= 15 is 0 Å². The van der Waals surface area contributed by atoms with Crippen molar-refractivity contribution >= 4 is 12.0 Å². The van der Waals surface area contributed by atoms with Gasteiger partial charge >= 0.3 is 12.0 Å². The van der Waals surface area contributed by atoms with Crippen molar-refractivity contribution in [2.45, 2.75) is 45.1 Å². The number of nitrogens with zero attached hydrogens (tertiary/aromatic N) is 1. The van der Waals surface area contributed by atoms with Gasteiger partial charge in [0.2, 0.25) is 0 Å². The summed E-state index contributed by atoms with van der Waals surface area (Å²) in [7, 11) is 0. The summed E-state index contributed by atoms with van der Waals surface area (Å²) < 4.78 is 0. The maximum Gasteiger partial charge on any atom is 0.317 e. The molecule has 1 unspecified atom stereocenters. The highest BCUT2D eigenvalue weighted by atomic mass is 16.4. The summed E-state index contributed by atoms with van der Waals surface area (Å²) in [6, 6.07) is 0.165. The number of rotatable bonds is 9. The molecule has 1 aliphatic carbocycles. The Labute approximate surface area is 113 Å². The molecule has 1 atom stereocenters. The monoisotopic (exact) mass is 272 g/mol. The molecule has 1 rings (SSSR count). The summed E-state index contributed by atoms with van der Waals surface area (Å²) in [5.74, 6) is -0.498. The number of carbonyl (C=O) groups is 2. The van der Waals surface area contributed by atoms with Gasteiger partial charge in [0.05, 0.1) is 6.61 Å². The summed E-state index contributed by atoms with van der Waals surface area (Å²) in [4.78, 5) is 24.0. The lowest BCUT2D eigenvalue weighted by Crippen LogP contribution is -2.43. The Morgan fingerprint density at radius 1 is 1.37 bits per heavy atom. The van der Waals surface area contributed by atoms with Crippen molar-refractivity contribution in [3.63, 3.8) is 0 Å². The first-order valence-electron chi connectivity index (χ1n) is 6.91. The van der Waals surface area contributed by atoms with Crippen LogP contribution in [0.1, 0.15) is 39.0 Å². The normalized spacial score (nSPS) is 15.9. The van der Waals surface area contributed by atoms with Crippen LogP contribution in [0.2, 0.25) is 0 Å². The Morgan fingerprint density at radius 3 is 2.58 bits per heavy atom. The van der Waals surface area contributed by atoms with Gasteiger partial charge in [-0.05, 0) is 31.6 Å². The number of urea groups is 1. The molecule has 1 saturated carbocycles. The van der Waals surface area contributed by atoms with E-state index in [-0.39, 0.29) is 31.0 Å². The number of carboxylic acids is 1. The van der Waals surface area contributed by atoms with E-state index in [1.807, 2.05) is 6.92 Å². The predicted octanol–water partition coefficient (Wildman–Crippen LogP) is 1.04. The average molecular weight is 272 g/mol. The number of hydrogen-bond acceptors (Lipinski definition) is 3. The molecule has 0 aliphatic heterocycles. The topological polar surface area (TPSA) is 89.9 Å². The SMILES string of the molecule is CC(CCNC(=O)N(CCO)C1CC1)CCC(=O)O. The van der Waals surface area contributed by atoms with Crippen molar-refractivity contribution in [1.29, 1.82) is 0 Å². The van der Waals surface area contributed by atoms with Gasteiger partial charge in [0, 0.05) is 25.6 Å². The molecular weight excluding hydrogens is 248 g/mol. The van der Waals surface area contributed by atoms with Gasteiger partial charge in [-0.3, -0.25) is 4.79 Å². The number of hydrogen-bond donors (Lipinski definition) is 3. The summed E-state index contributed by atoms with van der Waals surface area (Å²) in [5.41, 5.74) is 0. The summed E-state index contributed by atoms with van der Waals surface area (Å²) in [5, 5.41) is 20.3. The third kappa shape index (κ3) is 6.42. The molecule has 6 nitrogen and oxygen atoms in total. The van der Waals surface area contributed by atoms with Crippen molar-refractivity contribution in [3.8, 4) is 0 Å². The molecule has 0 saturated heterocycles. The van der Waals surface area contributed by atoms with Crippen LogP contribution in [0.3, 0.4) is 0 Å². The molecule has 0 aromatic carbocycles. The summed E-state index contributed by atoms with van der Waals surface area (Å²) >= 11 is 0. The first-order chi connectivity index (χ1) is 9.04. The first kappa shape index (κ1) is 15.8. The van der Waals surface area contributed by atoms with Crippen molar-refractivity contribution < 1.29 is 19.8 Å². The van der Waals surface area contributed by atoms with Crippen molar-refractivity contribution in [2.24, 2.45) is 5.92 Å². The van der Waals surface area contributed by atoms with Crippen LogP contribution in [0.25, 0.3) is 0 Å². The first-order valence-corrected chi connectivity index (χ1v) is 6.91. The number of aliphatic carboxylic acids is 1. The van der Waals surface area contributed by atoms with Crippen LogP contribution >= 0.6 is 0 Å². The number of nitrogens with one attached hydrogen (secondary N) is 1. The van der Waals surface area contributed by atoms with Crippen LogP contribution in [0, 0.1) is 5.92 Å². The van der Waals surface area contributed by atoms with Crippen LogP contribution in [0.4, 0.5) is 4.79 Å². The molecule has 0 radical (unpaired) electrons. The quantitative estimate of drug-likeness (QED) is 0.585. The number of aliphatic hydroxyl groups is 1.